The molecule has 0 atom stereocenters. The Morgan fingerprint density at radius 3 is 3.00 bits per heavy atom. The molecule has 0 bridgehead atoms. The molecule has 0 radical (unpaired) electrons. The Balaban J connectivity index is 2.59. The van der Waals surface area contributed by atoms with Crippen LogP contribution < -0.4 is 0 Å². The molecule has 0 amide bonds. The fraction of sp³-hybridized carbons (Fsp3) is 0.286. The second-order valence-corrected chi connectivity index (χ2v) is 2.68. The average molecular weight is 157 g/mol. The van der Waals surface area contributed by atoms with Crippen molar-refractivity contribution in [2.24, 2.45) is 0 Å². The van der Waals surface area contributed by atoms with Crippen molar-refractivity contribution in [3.05, 3.63) is 22.6 Å². The Kier molecular flexibility index (Phi) is 1.11. The first-order valence-electron chi connectivity index (χ1n) is 3.09. The average Bonchev–Trinajstić information content (AvgIpc) is 2.35. The van der Waals surface area contributed by atoms with Crippen LogP contribution in [0, 0.1) is 0 Å². The number of ketones is 1. The summed E-state index contributed by atoms with van der Waals surface area (Å²) in [6, 6.07) is 1.59. The molecule has 1 aromatic heterocycles. The molecule has 0 saturated heterocycles. The number of halogens is 1. The molecule has 3 heteroatoms. The summed E-state index contributed by atoms with van der Waals surface area (Å²) in [4.78, 5) is 11.0. The van der Waals surface area contributed by atoms with Gasteiger partial charge in [0.2, 0.25) is 0 Å². The number of fused-ring (bicyclic) bond motifs is 1. The summed E-state index contributed by atoms with van der Waals surface area (Å²) in [5, 5.41) is 0.318. The zero-order valence-corrected chi connectivity index (χ0v) is 5.94. The highest BCUT2D eigenvalue weighted by Gasteiger charge is 2.23. The van der Waals surface area contributed by atoms with Gasteiger partial charge in [0.15, 0.2) is 11.0 Å². The van der Waals surface area contributed by atoms with Crippen molar-refractivity contribution in [1.29, 1.82) is 0 Å². The van der Waals surface area contributed by atoms with Gasteiger partial charge in [0.25, 0.3) is 0 Å². The van der Waals surface area contributed by atoms with Crippen LogP contribution in [0.25, 0.3) is 0 Å². The molecule has 0 spiro atoms. The lowest BCUT2D eigenvalue weighted by molar-refractivity contribution is 0.0994. The van der Waals surface area contributed by atoms with Crippen LogP contribution in [0.3, 0.4) is 0 Å². The lowest BCUT2D eigenvalue weighted by Gasteiger charge is -1.80. The molecule has 1 heterocycles. The quantitative estimate of drug-likeness (QED) is 0.576. The van der Waals surface area contributed by atoms with Gasteiger partial charge in [-0.3, -0.25) is 4.79 Å². The van der Waals surface area contributed by atoms with E-state index < -0.39 is 0 Å². The van der Waals surface area contributed by atoms with E-state index in [4.69, 9.17) is 16.0 Å². The minimum atomic E-state index is 0.144. The van der Waals surface area contributed by atoms with E-state index in [1.54, 1.807) is 6.07 Å². The first kappa shape index (κ1) is 5.98. The van der Waals surface area contributed by atoms with Crippen molar-refractivity contribution in [2.45, 2.75) is 12.8 Å². The molecular weight excluding hydrogens is 152 g/mol. The number of Topliss-reactive ketones (excluding diaryl/α,β-unsaturated/α-hetero) is 1. The third-order valence-electron chi connectivity index (χ3n) is 1.66. The Morgan fingerprint density at radius 1 is 1.50 bits per heavy atom. The van der Waals surface area contributed by atoms with Crippen molar-refractivity contribution < 1.29 is 9.21 Å². The van der Waals surface area contributed by atoms with Crippen LogP contribution in [-0.4, -0.2) is 5.78 Å². The summed E-state index contributed by atoms with van der Waals surface area (Å²) in [5.41, 5.74) is 0.671. The van der Waals surface area contributed by atoms with Crippen LogP contribution in [0.1, 0.15) is 22.5 Å². The lowest BCUT2D eigenvalue weighted by atomic mass is 10.2. The smallest absolute Gasteiger partial charge is 0.194 e. The molecule has 0 aromatic carbocycles. The van der Waals surface area contributed by atoms with Gasteiger partial charge >= 0.3 is 0 Å². The Bertz CT molecular complexity index is 288. The predicted octanol–water partition coefficient (Wildman–Crippen LogP) is 2.06. The van der Waals surface area contributed by atoms with Crippen LogP contribution in [0.5, 0.6) is 0 Å². The van der Waals surface area contributed by atoms with Gasteiger partial charge < -0.3 is 4.42 Å². The molecule has 0 saturated carbocycles. The molecule has 52 valence electrons. The van der Waals surface area contributed by atoms with Crippen LogP contribution in [-0.2, 0) is 6.42 Å². The fourth-order valence-corrected chi connectivity index (χ4v) is 1.38. The van der Waals surface area contributed by atoms with Crippen LogP contribution >= 0.6 is 11.6 Å². The van der Waals surface area contributed by atoms with Crippen LogP contribution in [0.15, 0.2) is 10.5 Å². The van der Waals surface area contributed by atoms with E-state index >= 15 is 0 Å². The number of aryl methyl sites for hydroxylation is 1. The number of furan rings is 1. The third kappa shape index (κ3) is 0.688. The summed E-state index contributed by atoms with van der Waals surface area (Å²) in [7, 11) is 0. The van der Waals surface area contributed by atoms with E-state index in [0.717, 1.165) is 5.76 Å². The van der Waals surface area contributed by atoms with E-state index in [2.05, 4.69) is 0 Å². The van der Waals surface area contributed by atoms with Crippen LogP contribution in [0.4, 0.5) is 0 Å². The minimum absolute atomic E-state index is 0.144. The normalized spacial score (nSPS) is 15.9. The highest BCUT2D eigenvalue weighted by Crippen LogP contribution is 2.27. The maximum absolute atomic E-state index is 11.0. The number of carbonyl (C=O) groups is 1. The van der Waals surface area contributed by atoms with Gasteiger partial charge in [0, 0.05) is 18.9 Å². The highest BCUT2D eigenvalue weighted by atomic mass is 35.5. The molecule has 1 aliphatic carbocycles. The van der Waals surface area contributed by atoms with Crippen molar-refractivity contribution >= 4 is 17.4 Å². The summed E-state index contributed by atoms with van der Waals surface area (Å²) >= 11 is 5.52. The Morgan fingerprint density at radius 2 is 2.30 bits per heavy atom. The van der Waals surface area contributed by atoms with Crippen molar-refractivity contribution in [3.63, 3.8) is 0 Å². The Hall–Kier alpha value is -0.760. The summed E-state index contributed by atoms with van der Waals surface area (Å²) in [6.07, 6.45) is 1.28. The van der Waals surface area contributed by atoms with E-state index in [9.17, 15) is 4.79 Å². The van der Waals surface area contributed by atoms with E-state index in [-0.39, 0.29) is 5.78 Å². The van der Waals surface area contributed by atoms with E-state index in [0.29, 0.717) is 23.6 Å². The molecule has 1 aromatic rings. The summed E-state index contributed by atoms with van der Waals surface area (Å²) < 4.78 is 5.04. The molecule has 10 heavy (non-hydrogen) atoms. The lowest BCUT2D eigenvalue weighted by Crippen LogP contribution is -1.86. The Labute approximate surface area is 62.8 Å². The number of hydrogen-bond acceptors (Lipinski definition) is 2. The molecule has 0 fully saturated rings. The SMILES string of the molecule is O=C1CCc2oc(Cl)cc21. The largest absolute Gasteiger partial charge is 0.449 e. The molecule has 0 unspecified atom stereocenters. The first-order valence-corrected chi connectivity index (χ1v) is 3.46. The molecular formula is C7H5ClO2. The topological polar surface area (TPSA) is 30.2 Å². The second-order valence-electron chi connectivity index (χ2n) is 2.31. The van der Waals surface area contributed by atoms with Crippen molar-refractivity contribution in [2.75, 3.05) is 0 Å². The van der Waals surface area contributed by atoms with E-state index in [1.165, 1.54) is 0 Å². The predicted molar refractivity (Wildman–Crippen MR) is 36.4 cm³/mol. The maximum Gasteiger partial charge on any atom is 0.194 e. The molecule has 1 aliphatic rings. The molecule has 0 N–H and O–H groups in total. The standard InChI is InChI=1S/C7H5ClO2/c8-7-3-4-5(9)1-2-6(4)10-7/h3H,1-2H2. The number of hydrogen-bond donors (Lipinski definition) is 0. The zero-order valence-electron chi connectivity index (χ0n) is 5.19. The molecule has 0 aliphatic heterocycles. The summed E-state index contributed by atoms with van der Waals surface area (Å²) in [5.74, 6) is 0.889. The third-order valence-corrected chi connectivity index (χ3v) is 1.84. The first-order chi connectivity index (χ1) is 4.77. The maximum atomic E-state index is 11.0. The monoisotopic (exact) mass is 156 g/mol. The van der Waals surface area contributed by atoms with Gasteiger partial charge in [0.05, 0.1) is 5.56 Å². The van der Waals surface area contributed by atoms with Gasteiger partial charge in [-0.25, -0.2) is 0 Å². The minimum Gasteiger partial charge on any atom is -0.449 e. The zero-order chi connectivity index (χ0) is 7.14. The summed E-state index contributed by atoms with van der Waals surface area (Å²) in [6.45, 7) is 0. The number of carbonyl (C=O) groups excluding carboxylic acids is 1. The highest BCUT2D eigenvalue weighted by molar-refractivity contribution is 6.29. The van der Waals surface area contributed by atoms with E-state index in [1.807, 2.05) is 0 Å². The van der Waals surface area contributed by atoms with Gasteiger partial charge in [-0.15, -0.1) is 0 Å². The van der Waals surface area contributed by atoms with Gasteiger partial charge in [-0.05, 0) is 11.6 Å². The van der Waals surface area contributed by atoms with Crippen molar-refractivity contribution in [3.8, 4) is 0 Å². The fourth-order valence-electron chi connectivity index (χ4n) is 1.18. The molecule has 2 rings (SSSR count). The van der Waals surface area contributed by atoms with Gasteiger partial charge in [-0.2, -0.15) is 0 Å². The van der Waals surface area contributed by atoms with Crippen LogP contribution in [0.2, 0.25) is 5.22 Å². The molecule has 2 nitrogen and oxygen atoms in total. The van der Waals surface area contributed by atoms with Gasteiger partial charge in [-0.1, -0.05) is 0 Å². The van der Waals surface area contributed by atoms with Gasteiger partial charge in [0.1, 0.15) is 5.76 Å². The van der Waals surface area contributed by atoms with Crippen molar-refractivity contribution in [1.82, 2.24) is 0 Å². The second kappa shape index (κ2) is 1.86. The number of rotatable bonds is 0.